The summed E-state index contributed by atoms with van der Waals surface area (Å²) in [5.74, 6) is 1.14. The first-order chi connectivity index (χ1) is 7.16. The second-order valence-electron chi connectivity index (χ2n) is 3.53. The van der Waals surface area contributed by atoms with Gasteiger partial charge in [0.25, 0.3) is 0 Å². The van der Waals surface area contributed by atoms with Crippen molar-refractivity contribution in [3.63, 3.8) is 0 Å². The minimum absolute atomic E-state index is 0.0575. The van der Waals surface area contributed by atoms with E-state index in [2.05, 4.69) is 15.0 Å². The second-order valence-corrected chi connectivity index (χ2v) is 4.54. The van der Waals surface area contributed by atoms with Crippen LogP contribution in [0.3, 0.4) is 0 Å². The van der Waals surface area contributed by atoms with Crippen molar-refractivity contribution in [2.75, 3.05) is 0 Å². The zero-order valence-electron chi connectivity index (χ0n) is 8.52. The van der Waals surface area contributed by atoms with E-state index in [1.54, 1.807) is 18.6 Å². The molecule has 4 nitrogen and oxygen atoms in total. The summed E-state index contributed by atoms with van der Waals surface area (Å²) in [6, 6.07) is 0. The van der Waals surface area contributed by atoms with Crippen molar-refractivity contribution in [3.05, 3.63) is 34.1 Å². The van der Waals surface area contributed by atoms with Gasteiger partial charge in [-0.3, -0.25) is 4.79 Å². The lowest BCUT2D eigenvalue weighted by Gasteiger charge is -2.02. The predicted octanol–water partition coefficient (Wildman–Crippen LogP) is 2.02. The highest BCUT2D eigenvalue weighted by atomic mass is 32.1. The highest BCUT2D eigenvalue weighted by molar-refractivity contribution is 7.12. The largest absolute Gasteiger partial charge is 0.319 e. The Labute approximate surface area is 91.0 Å². The molecule has 0 unspecified atom stereocenters. The van der Waals surface area contributed by atoms with Crippen LogP contribution in [0.1, 0.15) is 25.6 Å². The number of hydrogen-bond donors (Lipinski definition) is 1. The molecule has 2 rings (SSSR count). The van der Waals surface area contributed by atoms with Crippen LogP contribution in [0.25, 0.3) is 10.4 Å². The van der Waals surface area contributed by atoms with Gasteiger partial charge in [0.2, 0.25) is 0 Å². The molecule has 2 aromatic heterocycles. The molecular weight excluding hydrogens is 210 g/mol. The van der Waals surface area contributed by atoms with Gasteiger partial charge in [0.15, 0.2) is 0 Å². The molecule has 0 radical (unpaired) electrons. The normalized spacial score (nSPS) is 10.9. The van der Waals surface area contributed by atoms with Gasteiger partial charge >= 0.3 is 4.87 Å². The van der Waals surface area contributed by atoms with Gasteiger partial charge in [-0.1, -0.05) is 25.2 Å². The standard InChI is InChI=1S/C10H11N3OS/c1-6(2)9-11-3-7(4-12-9)8-5-13-10(14)15-8/h3-6H,1-2H3,(H,13,14). The quantitative estimate of drug-likeness (QED) is 0.844. The number of rotatable bonds is 2. The zero-order chi connectivity index (χ0) is 10.8. The summed E-state index contributed by atoms with van der Waals surface area (Å²) in [4.78, 5) is 22.9. The molecule has 78 valence electrons. The number of H-pyrrole nitrogens is 1. The maximum absolute atomic E-state index is 11.0. The van der Waals surface area contributed by atoms with Crippen LogP contribution < -0.4 is 4.87 Å². The lowest BCUT2D eigenvalue weighted by molar-refractivity contribution is 0.775. The van der Waals surface area contributed by atoms with Crippen LogP contribution in [0.15, 0.2) is 23.4 Å². The molecule has 0 bridgehead atoms. The predicted molar refractivity (Wildman–Crippen MR) is 60.1 cm³/mol. The molecule has 0 aliphatic carbocycles. The molecule has 0 saturated heterocycles. The number of nitrogens with zero attached hydrogens (tertiary/aromatic N) is 2. The molecule has 0 amide bonds. The van der Waals surface area contributed by atoms with E-state index >= 15 is 0 Å². The Balaban J connectivity index is 2.35. The third-order valence-electron chi connectivity index (χ3n) is 2.00. The highest BCUT2D eigenvalue weighted by Crippen LogP contribution is 2.19. The van der Waals surface area contributed by atoms with E-state index in [1.165, 1.54) is 0 Å². The number of nitrogens with one attached hydrogen (secondary N) is 1. The molecule has 0 fully saturated rings. The molecule has 0 aliphatic rings. The molecule has 0 atom stereocenters. The summed E-state index contributed by atoms with van der Waals surface area (Å²) in [6.45, 7) is 4.09. The van der Waals surface area contributed by atoms with Gasteiger partial charge in [0.1, 0.15) is 5.82 Å². The van der Waals surface area contributed by atoms with Crippen LogP contribution in [0.2, 0.25) is 0 Å². The molecule has 2 heterocycles. The van der Waals surface area contributed by atoms with Crippen molar-refractivity contribution in [2.45, 2.75) is 19.8 Å². The van der Waals surface area contributed by atoms with E-state index in [0.29, 0.717) is 5.92 Å². The van der Waals surface area contributed by atoms with Gasteiger partial charge in [0.05, 0.1) is 4.88 Å². The third kappa shape index (κ3) is 2.12. The molecule has 2 aromatic rings. The van der Waals surface area contributed by atoms with Gasteiger partial charge in [-0.15, -0.1) is 0 Å². The van der Waals surface area contributed by atoms with Crippen LogP contribution in [0.5, 0.6) is 0 Å². The van der Waals surface area contributed by atoms with Crippen molar-refractivity contribution in [3.8, 4) is 10.4 Å². The Morgan fingerprint density at radius 3 is 2.47 bits per heavy atom. The Morgan fingerprint density at radius 2 is 2.00 bits per heavy atom. The number of thiazole rings is 1. The van der Waals surface area contributed by atoms with Gasteiger partial charge in [-0.05, 0) is 0 Å². The Hall–Kier alpha value is -1.49. The van der Waals surface area contributed by atoms with Crippen molar-refractivity contribution < 1.29 is 0 Å². The minimum Gasteiger partial charge on any atom is -0.319 e. The van der Waals surface area contributed by atoms with E-state index in [0.717, 1.165) is 27.6 Å². The molecule has 0 aliphatic heterocycles. The maximum atomic E-state index is 11.0. The average Bonchev–Trinajstić information content (AvgIpc) is 2.65. The van der Waals surface area contributed by atoms with Crippen LogP contribution in [-0.4, -0.2) is 15.0 Å². The summed E-state index contributed by atoms with van der Waals surface area (Å²) >= 11 is 1.16. The minimum atomic E-state index is -0.0575. The van der Waals surface area contributed by atoms with E-state index in [9.17, 15) is 4.79 Å². The fraction of sp³-hybridized carbons (Fsp3) is 0.300. The van der Waals surface area contributed by atoms with Gasteiger partial charge in [-0.2, -0.15) is 0 Å². The second kappa shape index (κ2) is 3.94. The zero-order valence-corrected chi connectivity index (χ0v) is 9.34. The Bertz CT molecular complexity index is 498. The van der Waals surface area contributed by atoms with Crippen molar-refractivity contribution in [1.29, 1.82) is 0 Å². The fourth-order valence-corrected chi connectivity index (χ4v) is 1.85. The average molecular weight is 221 g/mol. The van der Waals surface area contributed by atoms with Crippen LogP contribution in [0.4, 0.5) is 0 Å². The van der Waals surface area contributed by atoms with Crippen LogP contribution in [-0.2, 0) is 0 Å². The molecule has 15 heavy (non-hydrogen) atoms. The van der Waals surface area contributed by atoms with E-state index in [1.807, 2.05) is 13.8 Å². The third-order valence-corrected chi connectivity index (χ3v) is 2.87. The Kier molecular flexibility index (Phi) is 2.64. The lowest BCUT2D eigenvalue weighted by Crippen LogP contribution is -1.96. The first kappa shape index (κ1) is 10.0. The van der Waals surface area contributed by atoms with Gasteiger partial charge in [-0.25, -0.2) is 9.97 Å². The monoisotopic (exact) mass is 221 g/mol. The van der Waals surface area contributed by atoms with E-state index in [-0.39, 0.29) is 4.87 Å². The fourth-order valence-electron chi connectivity index (χ4n) is 1.19. The smallest absolute Gasteiger partial charge is 0.305 e. The van der Waals surface area contributed by atoms with Crippen LogP contribution in [0, 0.1) is 0 Å². The van der Waals surface area contributed by atoms with Gasteiger partial charge in [0, 0.05) is 30.1 Å². The summed E-state index contributed by atoms with van der Waals surface area (Å²) in [7, 11) is 0. The van der Waals surface area contributed by atoms with Crippen molar-refractivity contribution >= 4 is 11.3 Å². The van der Waals surface area contributed by atoms with Crippen molar-refractivity contribution in [2.24, 2.45) is 0 Å². The van der Waals surface area contributed by atoms with E-state index < -0.39 is 0 Å². The number of hydrogen-bond acceptors (Lipinski definition) is 4. The highest BCUT2D eigenvalue weighted by Gasteiger charge is 2.05. The molecule has 0 spiro atoms. The van der Waals surface area contributed by atoms with Gasteiger partial charge < -0.3 is 4.98 Å². The summed E-state index contributed by atoms with van der Waals surface area (Å²) < 4.78 is 0. The summed E-state index contributed by atoms with van der Waals surface area (Å²) in [5.41, 5.74) is 0.878. The molecular formula is C10H11N3OS. The SMILES string of the molecule is CC(C)c1ncc(-c2c[nH]c(=O)s2)cn1. The first-order valence-electron chi connectivity index (χ1n) is 4.67. The number of aromatic amines is 1. The molecule has 0 saturated carbocycles. The Morgan fingerprint density at radius 1 is 1.33 bits per heavy atom. The van der Waals surface area contributed by atoms with Crippen LogP contribution >= 0.6 is 11.3 Å². The number of aromatic nitrogens is 3. The molecule has 1 N–H and O–H groups in total. The summed E-state index contributed by atoms with van der Waals surface area (Å²) in [6.07, 6.45) is 5.18. The topological polar surface area (TPSA) is 58.6 Å². The first-order valence-corrected chi connectivity index (χ1v) is 5.49. The molecule has 5 heteroatoms. The lowest BCUT2D eigenvalue weighted by atomic mass is 10.2. The van der Waals surface area contributed by atoms with E-state index in [4.69, 9.17) is 0 Å². The van der Waals surface area contributed by atoms with Crippen molar-refractivity contribution in [1.82, 2.24) is 15.0 Å². The molecule has 0 aromatic carbocycles. The maximum Gasteiger partial charge on any atom is 0.305 e. The summed E-state index contributed by atoms with van der Waals surface area (Å²) in [5, 5.41) is 0.